The molecule has 0 amide bonds. The number of phenols is 3. The van der Waals surface area contributed by atoms with Crippen LogP contribution in [0, 0.1) is 0 Å². The second kappa shape index (κ2) is 9.64. The van der Waals surface area contributed by atoms with E-state index in [1.807, 2.05) is 0 Å². The van der Waals surface area contributed by atoms with Crippen LogP contribution in [0.1, 0.15) is 77.5 Å². The summed E-state index contributed by atoms with van der Waals surface area (Å²) in [5.41, 5.74) is -2.12. The first-order valence-corrected chi connectivity index (χ1v) is 12.8. The molecule has 7 N–H and O–H groups in total. The fourth-order valence-electron chi connectivity index (χ4n) is 5.10. The molecule has 1 aliphatic rings. The third-order valence-electron chi connectivity index (χ3n) is 7.24. The molecule has 9 heteroatoms. The van der Waals surface area contributed by atoms with Crippen molar-refractivity contribution < 1.29 is 44.9 Å². The number of rotatable bonds is 8. The molecule has 2 aromatic carbocycles. The van der Waals surface area contributed by atoms with Crippen LogP contribution in [0.5, 0.6) is 23.0 Å². The van der Waals surface area contributed by atoms with Gasteiger partial charge in [-0.3, -0.25) is 0 Å². The Hall–Kier alpha value is -2.98. The molecule has 208 valence electrons. The summed E-state index contributed by atoms with van der Waals surface area (Å²) >= 11 is 0. The molecule has 4 rings (SSSR count). The molecule has 0 aliphatic carbocycles. The quantitative estimate of drug-likeness (QED) is 0.223. The average molecular weight is 531 g/mol. The lowest BCUT2D eigenvalue weighted by atomic mass is 9.81. The molecule has 9 nitrogen and oxygen atoms in total. The summed E-state index contributed by atoms with van der Waals surface area (Å²) in [5, 5.41) is 74.7. The van der Waals surface area contributed by atoms with Crippen LogP contribution in [-0.4, -0.2) is 58.7 Å². The summed E-state index contributed by atoms with van der Waals surface area (Å²) in [5.74, 6) is -0.320. The Labute approximate surface area is 221 Å². The van der Waals surface area contributed by atoms with Gasteiger partial charge in [0.2, 0.25) is 0 Å². The molecule has 0 bridgehead atoms. The van der Waals surface area contributed by atoms with Gasteiger partial charge in [-0.1, -0.05) is 0 Å². The van der Waals surface area contributed by atoms with Gasteiger partial charge in [0.05, 0.1) is 16.8 Å². The minimum Gasteiger partial charge on any atom is -0.508 e. The van der Waals surface area contributed by atoms with E-state index in [1.54, 1.807) is 40.7 Å². The van der Waals surface area contributed by atoms with Crippen LogP contribution in [0.2, 0.25) is 0 Å². The van der Waals surface area contributed by atoms with Crippen LogP contribution in [0.3, 0.4) is 0 Å². The SMILES string of the molecule is CC(C)(O)CCC[C@@]1(C)Oc2c(O)c(CCC(C)(C)O)c3cc(-c4cc(O)cc(O)c4)oc3c2[C@H](O)[C@@H]1O. The topological polar surface area (TPSA) is 164 Å². The molecule has 0 radical (unpaired) electrons. The van der Waals surface area contributed by atoms with Gasteiger partial charge in [0.15, 0.2) is 11.5 Å². The predicted octanol–water partition coefficient (Wildman–Crippen LogP) is 4.41. The molecule has 0 fully saturated rings. The Balaban J connectivity index is 1.88. The van der Waals surface area contributed by atoms with Gasteiger partial charge in [0.25, 0.3) is 0 Å². The maximum absolute atomic E-state index is 11.4. The fourth-order valence-corrected chi connectivity index (χ4v) is 5.10. The van der Waals surface area contributed by atoms with E-state index in [2.05, 4.69) is 0 Å². The van der Waals surface area contributed by atoms with E-state index in [1.165, 1.54) is 18.2 Å². The lowest BCUT2D eigenvalue weighted by molar-refractivity contribution is -0.126. The average Bonchev–Trinajstić information content (AvgIpc) is 3.20. The first-order chi connectivity index (χ1) is 17.5. The second-order valence-corrected chi connectivity index (χ2v) is 11.9. The summed E-state index contributed by atoms with van der Waals surface area (Å²) in [6.45, 7) is 8.35. The number of benzene rings is 2. The molecule has 0 unspecified atom stereocenters. The molecule has 0 saturated carbocycles. The van der Waals surface area contributed by atoms with Gasteiger partial charge < -0.3 is 44.9 Å². The Morgan fingerprint density at radius 3 is 2.08 bits per heavy atom. The lowest BCUT2D eigenvalue weighted by Gasteiger charge is -2.43. The van der Waals surface area contributed by atoms with E-state index in [-0.39, 0.29) is 46.3 Å². The number of aromatic hydroxyl groups is 3. The van der Waals surface area contributed by atoms with E-state index < -0.39 is 29.0 Å². The predicted molar refractivity (Wildman–Crippen MR) is 141 cm³/mol. The zero-order valence-corrected chi connectivity index (χ0v) is 22.4. The zero-order chi connectivity index (χ0) is 28.2. The van der Waals surface area contributed by atoms with E-state index in [4.69, 9.17) is 9.15 Å². The third-order valence-corrected chi connectivity index (χ3v) is 7.24. The van der Waals surface area contributed by atoms with Gasteiger partial charge in [-0.05, 0) is 84.9 Å². The van der Waals surface area contributed by atoms with Crippen LogP contribution in [0.4, 0.5) is 0 Å². The fraction of sp³-hybridized carbons (Fsp3) is 0.517. The minimum atomic E-state index is -1.46. The van der Waals surface area contributed by atoms with E-state index >= 15 is 0 Å². The smallest absolute Gasteiger partial charge is 0.171 e. The number of ether oxygens (including phenoxy) is 1. The summed E-state index contributed by atoms with van der Waals surface area (Å²) in [6.07, 6.45) is -1.02. The Kier molecular flexibility index (Phi) is 7.12. The zero-order valence-electron chi connectivity index (χ0n) is 22.4. The van der Waals surface area contributed by atoms with Crippen LogP contribution in [-0.2, 0) is 6.42 Å². The van der Waals surface area contributed by atoms with Crippen molar-refractivity contribution in [3.63, 3.8) is 0 Å². The maximum atomic E-state index is 11.4. The van der Waals surface area contributed by atoms with Crippen molar-refractivity contribution in [2.45, 2.75) is 95.7 Å². The number of phenolic OH excluding ortho intramolecular Hbond substituents is 3. The summed E-state index contributed by atoms with van der Waals surface area (Å²) in [7, 11) is 0. The number of aliphatic hydroxyl groups excluding tert-OH is 2. The molecule has 1 aliphatic heterocycles. The van der Waals surface area contributed by atoms with Crippen molar-refractivity contribution in [3.8, 4) is 34.3 Å². The highest BCUT2D eigenvalue weighted by Gasteiger charge is 2.48. The molecule has 3 atom stereocenters. The number of furan rings is 1. The largest absolute Gasteiger partial charge is 0.508 e. The van der Waals surface area contributed by atoms with E-state index in [0.29, 0.717) is 42.2 Å². The third kappa shape index (κ3) is 5.56. The summed E-state index contributed by atoms with van der Waals surface area (Å²) in [4.78, 5) is 0. The molecule has 3 aromatic rings. The van der Waals surface area contributed by atoms with E-state index in [0.717, 1.165) is 0 Å². The normalized spacial score (nSPS) is 21.9. The van der Waals surface area contributed by atoms with Gasteiger partial charge >= 0.3 is 0 Å². The number of fused-ring (bicyclic) bond motifs is 3. The number of hydrogen-bond donors (Lipinski definition) is 7. The first kappa shape index (κ1) is 28.0. The molecule has 1 aromatic heterocycles. The number of hydrogen-bond acceptors (Lipinski definition) is 9. The maximum Gasteiger partial charge on any atom is 0.171 e. The molecular weight excluding hydrogens is 492 g/mol. The van der Waals surface area contributed by atoms with Crippen LogP contribution < -0.4 is 4.74 Å². The minimum absolute atomic E-state index is 0.00791. The van der Waals surface area contributed by atoms with Gasteiger partial charge in [-0.2, -0.15) is 0 Å². The first-order valence-electron chi connectivity index (χ1n) is 12.8. The number of aryl methyl sites for hydroxylation is 1. The van der Waals surface area contributed by atoms with Crippen molar-refractivity contribution in [2.75, 3.05) is 0 Å². The monoisotopic (exact) mass is 530 g/mol. The molecule has 0 spiro atoms. The van der Waals surface area contributed by atoms with Crippen molar-refractivity contribution in [1.82, 2.24) is 0 Å². The van der Waals surface area contributed by atoms with Crippen molar-refractivity contribution in [2.24, 2.45) is 0 Å². The Morgan fingerprint density at radius 1 is 0.895 bits per heavy atom. The standard InChI is InChI=1S/C29H38O9/c1-27(2,35)8-6-9-29(5)26(34)23(33)21-24-19(14-20(37-24)15-11-16(30)13-17(31)12-15)18(7-10-28(3,4)36)22(32)25(21)38-29/h11-14,23,26,30-36H,6-10H2,1-5H3/t23-,26-,29+/m0/s1. The van der Waals surface area contributed by atoms with Gasteiger partial charge in [0.1, 0.15) is 40.7 Å². The lowest BCUT2D eigenvalue weighted by Crippen LogP contribution is -2.51. The van der Waals surface area contributed by atoms with Crippen LogP contribution in [0.15, 0.2) is 28.7 Å². The van der Waals surface area contributed by atoms with E-state index in [9.17, 15) is 35.7 Å². The highest BCUT2D eigenvalue weighted by molar-refractivity contribution is 5.93. The molecule has 0 saturated heterocycles. The Bertz CT molecular complexity index is 1310. The summed E-state index contributed by atoms with van der Waals surface area (Å²) in [6, 6.07) is 5.62. The highest BCUT2D eigenvalue weighted by atomic mass is 16.5. The molecular formula is C29H38O9. The molecule has 38 heavy (non-hydrogen) atoms. The van der Waals surface area contributed by atoms with Gasteiger partial charge in [-0.15, -0.1) is 0 Å². The number of aliphatic hydroxyl groups is 4. The van der Waals surface area contributed by atoms with Crippen LogP contribution >= 0.6 is 0 Å². The molecule has 2 heterocycles. The van der Waals surface area contributed by atoms with Crippen molar-refractivity contribution >= 4 is 11.0 Å². The second-order valence-electron chi connectivity index (χ2n) is 11.9. The van der Waals surface area contributed by atoms with Crippen molar-refractivity contribution in [1.29, 1.82) is 0 Å². The van der Waals surface area contributed by atoms with Crippen LogP contribution in [0.25, 0.3) is 22.3 Å². The highest BCUT2D eigenvalue weighted by Crippen LogP contribution is 2.53. The van der Waals surface area contributed by atoms with Gasteiger partial charge in [-0.25, -0.2) is 0 Å². The summed E-state index contributed by atoms with van der Waals surface area (Å²) < 4.78 is 12.4. The van der Waals surface area contributed by atoms with Crippen molar-refractivity contribution in [3.05, 3.63) is 35.4 Å². The van der Waals surface area contributed by atoms with Gasteiger partial charge in [0, 0.05) is 22.6 Å². The Morgan fingerprint density at radius 2 is 1.50 bits per heavy atom.